The number of thiocarbonyl (C=S) groups is 1. The fourth-order valence-corrected chi connectivity index (χ4v) is 4.11. The van der Waals surface area contributed by atoms with Gasteiger partial charge in [0.15, 0.2) is 11.5 Å². The standard InChI is InChI=1S/C21H18BrNO3S2/c1-3-10-23-20(24)19(28-21(23)27)12-15-6-9-17(18(11-15)25-2)26-13-14-4-7-16(22)8-5-14/h3-9,11-12H,1,10,13H2,2H3/b19-12-. The highest BCUT2D eigenvalue weighted by Crippen LogP contribution is 2.35. The number of carbonyl (C=O) groups excluding carboxylic acids is 1. The molecule has 1 aliphatic rings. The van der Waals surface area contributed by atoms with Gasteiger partial charge in [0, 0.05) is 11.0 Å². The summed E-state index contributed by atoms with van der Waals surface area (Å²) >= 11 is 9.97. The second-order valence-corrected chi connectivity index (χ2v) is 8.50. The monoisotopic (exact) mass is 475 g/mol. The van der Waals surface area contributed by atoms with E-state index in [9.17, 15) is 4.79 Å². The van der Waals surface area contributed by atoms with Crippen LogP contribution in [0.15, 0.2) is 64.5 Å². The molecule has 0 N–H and O–H groups in total. The van der Waals surface area contributed by atoms with E-state index in [1.54, 1.807) is 13.2 Å². The SMILES string of the molecule is C=CCN1C(=O)/C(=C/c2ccc(OCc3ccc(Br)cc3)c(OC)c2)SC1=S. The lowest BCUT2D eigenvalue weighted by molar-refractivity contribution is -0.121. The van der Waals surface area contributed by atoms with Gasteiger partial charge in [0.05, 0.1) is 12.0 Å². The first kappa shape index (κ1) is 20.6. The molecule has 1 fully saturated rings. The number of methoxy groups -OCH3 is 1. The van der Waals surface area contributed by atoms with E-state index in [1.165, 1.54) is 16.7 Å². The van der Waals surface area contributed by atoms with Crippen LogP contribution in [-0.2, 0) is 11.4 Å². The maximum Gasteiger partial charge on any atom is 0.266 e. The van der Waals surface area contributed by atoms with Crippen molar-refractivity contribution >= 4 is 56.2 Å². The zero-order chi connectivity index (χ0) is 20.1. The summed E-state index contributed by atoms with van der Waals surface area (Å²) in [5.41, 5.74) is 1.90. The third-order valence-electron chi connectivity index (χ3n) is 3.98. The van der Waals surface area contributed by atoms with Crippen LogP contribution in [0.1, 0.15) is 11.1 Å². The first-order valence-electron chi connectivity index (χ1n) is 8.43. The molecule has 0 radical (unpaired) electrons. The van der Waals surface area contributed by atoms with Gasteiger partial charge in [-0.3, -0.25) is 9.69 Å². The molecule has 2 aromatic rings. The highest BCUT2D eigenvalue weighted by Gasteiger charge is 2.30. The molecule has 1 aliphatic heterocycles. The summed E-state index contributed by atoms with van der Waals surface area (Å²) < 4.78 is 12.9. The van der Waals surface area contributed by atoms with E-state index < -0.39 is 0 Å². The summed E-state index contributed by atoms with van der Waals surface area (Å²) in [5.74, 6) is 1.14. The summed E-state index contributed by atoms with van der Waals surface area (Å²) in [4.78, 5) is 14.6. The Morgan fingerprint density at radius 3 is 2.64 bits per heavy atom. The van der Waals surface area contributed by atoms with Crippen LogP contribution < -0.4 is 9.47 Å². The second kappa shape index (κ2) is 9.41. The molecular weight excluding hydrogens is 458 g/mol. The zero-order valence-electron chi connectivity index (χ0n) is 15.2. The van der Waals surface area contributed by atoms with Gasteiger partial charge in [-0.05, 0) is 41.5 Å². The van der Waals surface area contributed by atoms with E-state index in [-0.39, 0.29) is 5.91 Å². The number of thioether (sulfide) groups is 1. The number of rotatable bonds is 7. The van der Waals surface area contributed by atoms with Crippen molar-refractivity contribution in [3.8, 4) is 11.5 Å². The van der Waals surface area contributed by atoms with Crippen molar-refractivity contribution in [3.63, 3.8) is 0 Å². The topological polar surface area (TPSA) is 38.8 Å². The molecule has 0 aromatic heterocycles. The van der Waals surface area contributed by atoms with E-state index in [2.05, 4.69) is 22.5 Å². The lowest BCUT2D eigenvalue weighted by Gasteiger charge is -2.12. The summed E-state index contributed by atoms with van der Waals surface area (Å²) in [5, 5.41) is 0. The smallest absolute Gasteiger partial charge is 0.266 e. The van der Waals surface area contributed by atoms with Crippen molar-refractivity contribution in [1.29, 1.82) is 0 Å². The number of nitrogens with zero attached hydrogens (tertiary/aromatic N) is 1. The molecule has 0 aliphatic carbocycles. The minimum absolute atomic E-state index is 0.107. The Labute approximate surface area is 182 Å². The Kier molecular flexibility index (Phi) is 6.93. The van der Waals surface area contributed by atoms with Gasteiger partial charge in [0.1, 0.15) is 10.9 Å². The van der Waals surface area contributed by atoms with Crippen LogP contribution in [0.5, 0.6) is 11.5 Å². The molecule has 2 aromatic carbocycles. The Morgan fingerprint density at radius 1 is 1.21 bits per heavy atom. The lowest BCUT2D eigenvalue weighted by atomic mass is 10.1. The molecule has 3 rings (SSSR count). The quantitative estimate of drug-likeness (QED) is 0.303. The summed E-state index contributed by atoms with van der Waals surface area (Å²) in [7, 11) is 1.59. The molecule has 1 amide bonds. The Bertz CT molecular complexity index is 941. The number of ether oxygens (including phenoxy) is 2. The predicted octanol–water partition coefficient (Wildman–Crippen LogP) is 5.42. The maximum atomic E-state index is 12.5. The average molecular weight is 476 g/mol. The summed E-state index contributed by atoms with van der Waals surface area (Å²) in [6, 6.07) is 13.5. The first-order chi connectivity index (χ1) is 13.5. The Hall–Kier alpha value is -2.09. The fourth-order valence-electron chi connectivity index (χ4n) is 2.57. The third-order valence-corrected chi connectivity index (χ3v) is 5.88. The van der Waals surface area contributed by atoms with E-state index in [1.807, 2.05) is 48.5 Å². The van der Waals surface area contributed by atoms with Gasteiger partial charge in [0.2, 0.25) is 0 Å². The molecule has 0 bridgehead atoms. The fraction of sp³-hybridized carbons (Fsp3) is 0.143. The molecule has 0 unspecified atom stereocenters. The van der Waals surface area contributed by atoms with Gasteiger partial charge < -0.3 is 9.47 Å². The van der Waals surface area contributed by atoms with Crippen LogP contribution in [0.3, 0.4) is 0 Å². The van der Waals surface area contributed by atoms with Crippen molar-refractivity contribution < 1.29 is 14.3 Å². The second-order valence-electron chi connectivity index (χ2n) is 5.91. The molecule has 4 nitrogen and oxygen atoms in total. The molecule has 144 valence electrons. The molecule has 7 heteroatoms. The van der Waals surface area contributed by atoms with E-state index in [0.717, 1.165) is 15.6 Å². The molecule has 1 saturated heterocycles. The molecule has 0 spiro atoms. The molecule has 0 atom stereocenters. The van der Waals surface area contributed by atoms with Crippen molar-refractivity contribution in [3.05, 3.63) is 75.6 Å². The van der Waals surface area contributed by atoms with E-state index in [4.69, 9.17) is 21.7 Å². The van der Waals surface area contributed by atoms with Crippen LogP contribution in [0, 0.1) is 0 Å². The average Bonchev–Trinajstić information content (AvgIpc) is 2.96. The Balaban J connectivity index is 1.76. The largest absolute Gasteiger partial charge is 0.493 e. The van der Waals surface area contributed by atoms with Crippen LogP contribution in [0.4, 0.5) is 0 Å². The van der Waals surface area contributed by atoms with Crippen molar-refractivity contribution in [1.82, 2.24) is 4.90 Å². The number of carbonyl (C=O) groups is 1. The number of halogens is 1. The van der Waals surface area contributed by atoms with Gasteiger partial charge in [-0.25, -0.2) is 0 Å². The third kappa shape index (κ3) is 4.84. The lowest BCUT2D eigenvalue weighted by Crippen LogP contribution is -2.27. The van der Waals surface area contributed by atoms with E-state index in [0.29, 0.717) is 33.9 Å². The van der Waals surface area contributed by atoms with Gasteiger partial charge in [-0.1, -0.05) is 64.2 Å². The number of benzene rings is 2. The molecule has 28 heavy (non-hydrogen) atoms. The van der Waals surface area contributed by atoms with Crippen molar-refractivity contribution in [2.75, 3.05) is 13.7 Å². The van der Waals surface area contributed by atoms with Gasteiger partial charge in [-0.15, -0.1) is 6.58 Å². The highest BCUT2D eigenvalue weighted by molar-refractivity contribution is 9.10. The summed E-state index contributed by atoms with van der Waals surface area (Å²) in [6.45, 7) is 4.51. The van der Waals surface area contributed by atoms with Crippen LogP contribution in [-0.4, -0.2) is 28.8 Å². The minimum Gasteiger partial charge on any atom is -0.493 e. The van der Waals surface area contributed by atoms with Crippen molar-refractivity contribution in [2.24, 2.45) is 0 Å². The molecule has 0 saturated carbocycles. The Morgan fingerprint density at radius 2 is 1.96 bits per heavy atom. The van der Waals surface area contributed by atoms with Gasteiger partial charge >= 0.3 is 0 Å². The first-order valence-corrected chi connectivity index (χ1v) is 10.4. The van der Waals surface area contributed by atoms with E-state index >= 15 is 0 Å². The summed E-state index contributed by atoms with van der Waals surface area (Å²) in [6.07, 6.45) is 3.47. The maximum absolute atomic E-state index is 12.5. The van der Waals surface area contributed by atoms with Crippen LogP contribution >= 0.6 is 39.9 Å². The van der Waals surface area contributed by atoms with Gasteiger partial charge in [0.25, 0.3) is 5.91 Å². The van der Waals surface area contributed by atoms with Gasteiger partial charge in [-0.2, -0.15) is 0 Å². The van der Waals surface area contributed by atoms with Crippen molar-refractivity contribution in [2.45, 2.75) is 6.61 Å². The van der Waals surface area contributed by atoms with Crippen LogP contribution in [0.2, 0.25) is 0 Å². The zero-order valence-corrected chi connectivity index (χ0v) is 18.4. The number of hydrogen-bond donors (Lipinski definition) is 0. The van der Waals surface area contributed by atoms with Crippen LogP contribution in [0.25, 0.3) is 6.08 Å². The molecular formula is C21H18BrNO3S2. The normalized spacial score (nSPS) is 15.2. The highest BCUT2D eigenvalue weighted by atomic mass is 79.9. The number of amides is 1. The number of hydrogen-bond acceptors (Lipinski definition) is 5. The predicted molar refractivity (Wildman–Crippen MR) is 122 cm³/mol. The molecule has 1 heterocycles. The minimum atomic E-state index is -0.107.